The Morgan fingerprint density at radius 3 is 2.35 bits per heavy atom. The molecule has 3 aromatic rings. The van der Waals surface area contributed by atoms with Gasteiger partial charge in [-0.15, -0.1) is 0 Å². The quantitative estimate of drug-likeness (QED) is 0.308. The molecular weight excluding hydrogens is 477 g/mol. The minimum absolute atomic E-state index is 0.0965. The number of amides is 2. The Balaban J connectivity index is 1.37. The van der Waals surface area contributed by atoms with E-state index in [2.05, 4.69) is 15.8 Å². The van der Waals surface area contributed by atoms with Crippen LogP contribution in [0.25, 0.3) is 0 Å². The number of hydrazone groups is 1. The summed E-state index contributed by atoms with van der Waals surface area (Å²) in [6.45, 7) is 0.504. The van der Waals surface area contributed by atoms with Crippen molar-refractivity contribution in [1.29, 1.82) is 0 Å². The molecule has 0 heterocycles. The van der Waals surface area contributed by atoms with Crippen LogP contribution in [0, 0.1) is 0 Å². The molecule has 9 heteroatoms. The third-order valence-corrected chi connectivity index (χ3v) is 5.27. The maximum absolute atomic E-state index is 12.1. The van der Waals surface area contributed by atoms with Crippen molar-refractivity contribution in [3.05, 3.63) is 93.5 Å². The average molecular weight is 500 g/mol. The number of nitrogens with one attached hydrogen (secondary N) is 2. The van der Waals surface area contributed by atoms with Gasteiger partial charge in [0.1, 0.15) is 18.1 Å². The summed E-state index contributed by atoms with van der Waals surface area (Å²) in [4.78, 5) is 24.0. The van der Waals surface area contributed by atoms with Gasteiger partial charge in [0.25, 0.3) is 5.91 Å². The first kappa shape index (κ1) is 25.1. The van der Waals surface area contributed by atoms with Crippen LogP contribution in [0.3, 0.4) is 0 Å². The first-order valence-electron chi connectivity index (χ1n) is 10.4. The number of methoxy groups -OCH3 is 1. The molecule has 0 bridgehead atoms. The topological polar surface area (TPSA) is 89.0 Å². The first-order chi connectivity index (χ1) is 16.4. The van der Waals surface area contributed by atoms with Gasteiger partial charge in [0.05, 0.1) is 13.3 Å². The van der Waals surface area contributed by atoms with Crippen LogP contribution in [0.2, 0.25) is 10.0 Å². The highest BCUT2D eigenvalue weighted by Gasteiger charge is 2.07. The maximum atomic E-state index is 12.1. The number of hydrogen-bond donors (Lipinski definition) is 2. The minimum Gasteiger partial charge on any atom is -0.497 e. The monoisotopic (exact) mass is 499 g/mol. The molecule has 0 saturated heterocycles. The fraction of sp³-hybridized carbons (Fsp3) is 0.160. The molecule has 2 N–H and O–H groups in total. The lowest BCUT2D eigenvalue weighted by atomic mass is 10.2. The molecule has 0 aromatic heterocycles. The number of carbonyl (C=O) groups excluding carboxylic acids is 2. The van der Waals surface area contributed by atoms with Gasteiger partial charge in [0, 0.05) is 34.1 Å². The summed E-state index contributed by atoms with van der Waals surface area (Å²) in [6, 6.07) is 19.2. The molecule has 0 aliphatic heterocycles. The van der Waals surface area contributed by atoms with E-state index in [1.165, 1.54) is 6.21 Å². The van der Waals surface area contributed by atoms with Crippen molar-refractivity contribution >= 4 is 41.2 Å². The number of halogens is 2. The Hall–Kier alpha value is -3.55. The van der Waals surface area contributed by atoms with Gasteiger partial charge < -0.3 is 14.8 Å². The van der Waals surface area contributed by atoms with E-state index in [9.17, 15) is 9.59 Å². The number of rotatable bonds is 10. The number of benzene rings is 3. The second-order valence-electron chi connectivity index (χ2n) is 7.12. The summed E-state index contributed by atoms with van der Waals surface area (Å²) < 4.78 is 10.8. The van der Waals surface area contributed by atoms with Crippen molar-refractivity contribution < 1.29 is 19.1 Å². The van der Waals surface area contributed by atoms with Crippen LogP contribution in [-0.4, -0.2) is 31.7 Å². The van der Waals surface area contributed by atoms with Gasteiger partial charge in [0.15, 0.2) is 0 Å². The predicted octanol–water partition coefficient (Wildman–Crippen LogP) is 4.85. The fourth-order valence-corrected chi connectivity index (χ4v) is 3.28. The van der Waals surface area contributed by atoms with E-state index in [0.29, 0.717) is 33.7 Å². The van der Waals surface area contributed by atoms with E-state index in [1.54, 1.807) is 55.6 Å². The molecule has 0 spiro atoms. The van der Waals surface area contributed by atoms with Gasteiger partial charge >= 0.3 is 0 Å². The number of nitrogens with zero attached hydrogens (tertiary/aromatic N) is 1. The molecule has 34 heavy (non-hydrogen) atoms. The third kappa shape index (κ3) is 7.79. The molecule has 3 aromatic carbocycles. The molecular formula is C25H23Cl2N3O4. The first-order valence-corrected chi connectivity index (χ1v) is 11.1. The molecule has 0 radical (unpaired) electrons. The molecule has 0 saturated carbocycles. The molecule has 3 rings (SSSR count). The van der Waals surface area contributed by atoms with Crippen LogP contribution in [0.15, 0.2) is 71.8 Å². The molecule has 0 unspecified atom stereocenters. The highest BCUT2D eigenvalue weighted by Crippen LogP contribution is 2.22. The van der Waals surface area contributed by atoms with E-state index < -0.39 is 0 Å². The number of ether oxygens (including phenoxy) is 2. The molecule has 7 nitrogen and oxygen atoms in total. The fourth-order valence-electron chi connectivity index (χ4n) is 2.82. The van der Waals surface area contributed by atoms with Gasteiger partial charge in [-0.1, -0.05) is 29.3 Å². The Kier molecular flexibility index (Phi) is 9.31. The zero-order valence-corrected chi connectivity index (χ0v) is 19.9. The summed E-state index contributed by atoms with van der Waals surface area (Å²) in [6.07, 6.45) is 1.62. The summed E-state index contributed by atoms with van der Waals surface area (Å²) in [5.41, 5.74) is 4.54. The van der Waals surface area contributed by atoms with E-state index in [-0.39, 0.29) is 24.8 Å². The lowest BCUT2D eigenvalue weighted by molar-refractivity contribution is -0.120. The van der Waals surface area contributed by atoms with Gasteiger partial charge in [-0.05, 0) is 66.2 Å². The minimum atomic E-state index is -0.314. The zero-order valence-electron chi connectivity index (χ0n) is 18.4. The maximum Gasteiger partial charge on any atom is 0.251 e. The van der Waals surface area contributed by atoms with Crippen LogP contribution >= 0.6 is 23.2 Å². The van der Waals surface area contributed by atoms with E-state index in [1.807, 2.05) is 18.2 Å². The normalized spacial score (nSPS) is 10.7. The second kappa shape index (κ2) is 12.6. The Morgan fingerprint density at radius 2 is 1.68 bits per heavy atom. The Labute approximate surface area is 207 Å². The average Bonchev–Trinajstić information content (AvgIpc) is 2.84. The van der Waals surface area contributed by atoms with Gasteiger partial charge in [0.2, 0.25) is 5.91 Å². The second-order valence-corrected chi connectivity index (χ2v) is 7.96. The largest absolute Gasteiger partial charge is 0.497 e. The molecule has 0 aliphatic carbocycles. The predicted molar refractivity (Wildman–Crippen MR) is 133 cm³/mol. The summed E-state index contributed by atoms with van der Waals surface area (Å²) in [5, 5.41) is 7.75. The van der Waals surface area contributed by atoms with Crippen molar-refractivity contribution in [1.82, 2.24) is 10.7 Å². The summed E-state index contributed by atoms with van der Waals surface area (Å²) >= 11 is 12.0. The lowest BCUT2D eigenvalue weighted by Crippen LogP contribution is -2.29. The SMILES string of the molecule is COc1ccc(C(=O)NCCC(=O)NN=Cc2ccc(OCc3ccc(Cl)cc3Cl)cc2)cc1. The standard InChI is InChI=1S/C25H23Cl2N3O4/c1-33-21-10-5-18(6-11-21)25(32)28-13-12-24(31)30-29-15-17-2-8-22(9-3-17)34-16-19-4-7-20(26)14-23(19)27/h2-11,14-15H,12-13,16H2,1H3,(H,28,32)(H,30,31). The van der Waals surface area contributed by atoms with Crippen LogP contribution in [0.4, 0.5) is 0 Å². The Morgan fingerprint density at radius 1 is 0.971 bits per heavy atom. The van der Waals surface area contributed by atoms with E-state index in [4.69, 9.17) is 32.7 Å². The zero-order chi connectivity index (χ0) is 24.3. The Bertz CT molecular complexity index is 1150. The van der Waals surface area contributed by atoms with Crippen molar-refractivity contribution in [2.75, 3.05) is 13.7 Å². The van der Waals surface area contributed by atoms with Gasteiger partial charge in [-0.25, -0.2) is 5.43 Å². The lowest BCUT2D eigenvalue weighted by Gasteiger charge is -2.08. The highest BCUT2D eigenvalue weighted by molar-refractivity contribution is 6.35. The smallest absolute Gasteiger partial charge is 0.251 e. The molecule has 176 valence electrons. The van der Waals surface area contributed by atoms with Gasteiger partial charge in [-0.3, -0.25) is 9.59 Å². The van der Waals surface area contributed by atoms with Crippen molar-refractivity contribution in [3.63, 3.8) is 0 Å². The van der Waals surface area contributed by atoms with Crippen LogP contribution in [-0.2, 0) is 11.4 Å². The highest BCUT2D eigenvalue weighted by atomic mass is 35.5. The third-order valence-electron chi connectivity index (χ3n) is 4.68. The number of carbonyl (C=O) groups is 2. The summed E-state index contributed by atoms with van der Waals surface area (Å²) in [5.74, 6) is 0.754. The van der Waals surface area contributed by atoms with Gasteiger partial charge in [-0.2, -0.15) is 5.10 Å². The van der Waals surface area contributed by atoms with Crippen molar-refractivity contribution in [3.8, 4) is 11.5 Å². The molecule has 0 aliphatic rings. The molecule has 0 fully saturated rings. The molecule has 2 amide bonds. The van der Waals surface area contributed by atoms with Crippen LogP contribution < -0.4 is 20.2 Å². The number of hydrogen-bond acceptors (Lipinski definition) is 5. The molecule has 0 atom stereocenters. The van der Waals surface area contributed by atoms with E-state index in [0.717, 1.165) is 11.1 Å². The van der Waals surface area contributed by atoms with Crippen molar-refractivity contribution in [2.24, 2.45) is 5.10 Å². The summed E-state index contributed by atoms with van der Waals surface area (Å²) in [7, 11) is 1.56. The van der Waals surface area contributed by atoms with Crippen LogP contribution in [0.5, 0.6) is 11.5 Å². The van der Waals surface area contributed by atoms with E-state index >= 15 is 0 Å². The van der Waals surface area contributed by atoms with Crippen LogP contribution in [0.1, 0.15) is 27.9 Å². The van der Waals surface area contributed by atoms with Crippen molar-refractivity contribution in [2.45, 2.75) is 13.0 Å².